The number of amides is 3. The maximum atomic E-state index is 14.0. The molecular weight excluding hydrogens is 534 g/mol. The highest BCUT2D eigenvalue weighted by molar-refractivity contribution is 6.30. The molecule has 3 aliphatic heterocycles. The van der Waals surface area contributed by atoms with Gasteiger partial charge < -0.3 is 19.9 Å². The monoisotopic (exact) mass is 561 g/mol. The van der Waals surface area contributed by atoms with Gasteiger partial charge in [0.1, 0.15) is 5.54 Å². The highest BCUT2D eigenvalue weighted by atomic mass is 35.5. The van der Waals surface area contributed by atoms with Gasteiger partial charge >= 0.3 is 0 Å². The molecule has 0 aliphatic carbocycles. The molecule has 40 heavy (non-hydrogen) atoms. The van der Waals surface area contributed by atoms with Crippen molar-refractivity contribution >= 4 is 35.0 Å². The first kappa shape index (κ1) is 26.3. The lowest BCUT2D eigenvalue weighted by Gasteiger charge is -2.30. The van der Waals surface area contributed by atoms with Crippen molar-refractivity contribution in [2.24, 2.45) is 11.8 Å². The molecule has 3 N–H and O–H groups in total. The van der Waals surface area contributed by atoms with E-state index in [9.17, 15) is 19.5 Å². The number of imide groups is 1. The Hall–Kier alpha value is -3.92. The summed E-state index contributed by atoms with van der Waals surface area (Å²) in [6, 6.07) is 18.3. The molecule has 2 fully saturated rings. The second kappa shape index (κ2) is 9.92. The third kappa shape index (κ3) is 3.88. The van der Waals surface area contributed by atoms with E-state index in [4.69, 9.17) is 21.1 Å². The summed E-state index contributed by atoms with van der Waals surface area (Å²) in [6.07, 6.45) is -0.794. The van der Waals surface area contributed by atoms with Crippen molar-refractivity contribution in [3.05, 3.63) is 88.4 Å². The molecule has 1 spiro atoms. The smallest absolute Gasteiger partial charge is 0.250 e. The Kier molecular flexibility index (Phi) is 6.53. The van der Waals surface area contributed by atoms with Crippen molar-refractivity contribution < 1.29 is 29.0 Å². The molecule has 3 aliphatic rings. The molecule has 5 atom stereocenters. The third-order valence-electron chi connectivity index (χ3n) is 8.27. The van der Waals surface area contributed by atoms with Gasteiger partial charge in [-0.05, 0) is 47.9 Å². The third-order valence-corrected chi connectivity index (χ3v) is 8.52. The van der Waals surface area contributed by atoms with Crippen LogP contribution in [0, 0.1) is 11.8 Å². The predicted octanol–water partition coefficient (Wildman–Crippen LogP) is 3.05. The van der Waals surface area contributed by atoms with Crippen LogP contribution >= 0.6 is 11.6 Å². The molecule has 3 aromatic rings. The zero-order chi connectivity index (χ0) is 28.2. The number of anilines is 1. The fourth-order valence-corrected chi connectivity index (χ4v) is 6.51. The number of halogens is 1. The van der Waals surface area contributed by atoms with Gasteiger partial charge in [0.15, 0.2) is 11.5 Å². The van der Waals surface area contributed by atoms with Crippen molar-refractivity contribution in [3.8, 4) is 11.5 Å². The number of aliphatic hydroxyl groups is 1. The molecule has 9 nitrogen and oxygen atoms in total. The lowest BCUT2D eigenvalue weighted by Crippen LogP contribution is -2.54. The summed E-state index contributed by atoms with van der Waals surface area (Å²) in [4.78, 5) is 42.9. The number of carbonyl (C=O) groups excluding carboxylic acids is 3. The number of hydrogen-bond donors (Lipinski definition) is 3. The average molecular weight is 562 g/mol. The van der Waals surface area contributed by atoms with Crippen LogP contribution in [0.1, 0.15) is 22.8 Å². The van der Waals surface area contributed by atoms with E-state index in [2.05, 4.69) is 10.6 Å². The molecule has 3 amide bonds. The van der Waals surface area contributed by atoms with E-state index in [0.29, 0.717) is 39.8 Å². The molecule has 206 valence electrons. The topological polar surface area (TPSA) is 117 Å². The minimum Gasteiger partial charge on any atom is -0.493 e. The zero-order valence-electron chi connectivity index (χ0n) is 21.9. The Morgan fingerprint density at radius 1 is 0.975 bits per heavy atom. The van der Waals surface area contributed by atoms with Gasteiger partial charge in [-0.1, -0.05) is 48.0 Å². The minimum atomic E-state index is -1.50. The van der Waals surface area contributed by atoms with Crippen LogP contribution in [-0.2, 0) is 26.3 Å². The predicted molar refractivity (Wildman–Crippen MR) is 147 cm³/mol. The lowest BCUT2D eigenvalue weighted by molar-refractivity contribution is -0.143. The van der Waals surface area contributed by atoms with Crippen LogP contribution in [0.5, 0.6) is 11.5 Å². The lowest BCUT2D eigenvalue weighted by atomic mass is 9.76. The number of aliphatic hydroxyl groups excluding tert-OH is 1. The van der Waals surface area contributed by atoms with Crippen LogP contribution in [0.3, 0.4) is 0 Å². The summed E-state index contributed by atoms with van der Waals surface area (Å²) in [5.74, 6) is -2.15. The van der Waals surface area contributed by atoms with E-state index in [-0.39, 0.29) is 6.54 Å². The largest absolute Gasteiger partial charge is 0.493 e. The van der Waals surface area contributed by atoms with Gasteiger partial charge in [-0.25, -0.2) is 0 Å². The number of nitrogens with one attached hydrogen (secondary N) is 2. The van der Waals surface area contributed by atoms with Crippen LogP contribution in [0.2, 0.25) is 5.02 Å². The Morgan fingerprint density at radius 3 is 2.42 bits per heavy atom. The highest BCUT2D eigenvalue weighted by Crippen LogP contribution is 2.54. The second-order valence-electron chi connectivity index (χ2n) is 10.2. The van der Waals surface area contributed by atoms with E-state index in [1.807, 2.05) is 12.1 Å². The van der Waals surface area contributed by atoms with Gasteiger partial charge in [-0.3, -0.25) is 24.6 Å². The number of fused-ring (bicyclic) bond motifs is 4. The normalized spacial score (nSPS) is 25.6. The van der Waals surface area contributed by atoms with Crippen LogP contribution < -0.4 is 20.1 Å². The number of para-hydroxylation sites is 1. The molecule has 10 heteroatoms. The number of methoxy groups -OCH3 is 2. The maximum Gasteiger partial charge on any atom is 0.250 e. The van der Waals surface area contributed by atoms with Gasteiger partial charge in [0.25, 0.3) is 0 Å². The van der Waals surface area contributed by atoms with Crippen LogP contribution in [-0.4, -0.2) is 54.5 Å². The van der Waals surface area contributed by atoms with E-state index < -0.39 is 47.2 Å². The molecular formula is C30H28ClN3O6. The van der Waals surface area contributed by atoms with E-state index in [0.717, 1.165) is 5.56 Å². The van der Waals surface area contributed by atoms with Crippen LogP contribution in [0.25, 0.3) is 0 Å². The van der Waals surface area contributed by atoms with Crippen molar-refractivity contribution in [3.63, 3.8) is 0 Å². The highest BCUT2D eigenvalue weighted by Gasteiger charge is 2.71. The molecule has 0 aromatic heterocycles. The SMILES string of the molecule is COc1ccc(CCN2C(=O)[C@@H]3[C@@H]([C@H](O)c4ccc(Cl)cc4)N[C@@]4(C(=O)Nc5ccccc54)[C@H]3C2=O)cc1OC. The maximum absolute atomic E-state index is 14.0. The van der Waals surface area contributed by atoms with Gasteiger partial charge in [0, 0.05) is 22.8 Å². The Balaban J connectivity index is 1.37. The fourth-order valence-electron chi connectivity index (χ4n) is 6.38. The summed E-state index contributed by atoms with van der Waals surface area (Å²) in [5, 5.41) is 18.1. The Labute approximate surface area is 236 Å². The molecule has 6 rings (SSSR count). The Morgan fingerprint density at radius 2 is 1.70 bits per heavy atom. The first-order valence-electron chi connectivity index (χ1n) is 13.0. The standard InChI is InChI=1S/C30H28ClN3O6/c1-39-21-12-7-16(15-22(21)40-2)13-14-34-27(36)23-24(28(34)37)30(19-5-3-4-6-20(19)32-29(30)38)33-25(23)26(35)17-8-10-18(31)11-9-17/h3-12,15,23-26,33,35H,13-14H2,1-2H3,(H,32,38)/t23-,24+,25-,26+,30+/m0/s1. The number of benzene rings is 3. The first-order chi connectivity index (χ1) is 19.3. The van der Waals surface area contributed by atoms with Crippen molar-refractivity contribution in [2.45, 2.75) is 24.1 Å². The van der Waals surface area contributed by atoms with Gasteiger partial charge in [0.2, 0.25) is 17.7 Å². The summed E-state index contributed by atoms with van der Waals surface area (Å²) < 4.78 is 10.7. The zero-order valence-corrected chi connectivity index (χ0v) is 22.6. The first-order valence-corrected chi connectivity index (χ1v) is 13.4. The van der Waals surface area contributed by atoms with Gasteiger partial charge in [0.05, 0.1) is 38.2 Å². The summed E-state index contributed by atoms with van der Waals surface area (Å²) in [6.45, 7) is 0.114. The van der Waals surface area contributed by atoms with Gasteiger partial charge in [-0.15, -0.1) is 0 Å². The van der Waals surface area contributed by atoms with Crippen LogP contribution in [0.4, 0.5) is 5.69 Å². The average Bonchev–Trinajstić information content (AvgIpc) is 3.56. The molecule has 0 saturated carbocycles. The van der Waals surface area contributed by atoms with E-state index in [1.165, 1.54) is 4.90 Å². The molecule has 0 radical (unpaired) electrons. The van der Waals surface area contributed by atoms with Crippen molar-refractivity contribution in [2.75, 3.05) is 26.1 Å². The number of nitrogens with zero attached hydrogens (tertiary/aromatic N) is 1. The molecule has 3 aromatic carbocycles. The van der Waals surface area contributed by atoms with E-state index >= 15 is 0 Å². The van der Waals surface area contributed by atoms with Crippen molar-refractivity contribution in [1.29, 1.82) is 0 Å². The van der Waals surface area contributed by atoms with Crippen molar-refractivity contribution in [1.82, 2.24) is 10.2 Å². The van der Waals surface area contributed by atoms with Crippen LogP contribution in [0.15, 0.2) is 66.7 Å². The minimum absolute atomic E-state index is 0.114. The number of carbonyl (C=O) groups is 3. The molecule has 3 heterocycles. The summed E-state index contributed by atoms with van der Waals surface area (Å²) >= 11 is 6.05. The molecule has 2 saturated heterocycles. The summed E-state index contributed by atoms with van der Waals surface area (Å²) in [5.41, 5.74) is 1.04. The number of likely N-dealkylation sites (tertiary alicyclic amines) is 1. The van der Waals surface area contributed by atoms with E-state index in [1.54, 1.807) is 68.8 Å². The molecule has 0 unspecified atom stereocenters. The number of hydrogen-bond acceptors (Lipinski definition) is 7. The number of ether oxygens (including phenoxy) is 2. The quantitative estimate of drug-likeness (QED) is 0.380. The fraction of sp³-hybridized carbons (Fsp3) is 0.300. The van der Waals surface area contributed by atoms with Gasteiger partial charge in [-0.2, -0.15) is 0 Å². The second-order valence-corrected chi connectivity index (χ2v) is 10.7. The number of rotatable bonds is 7. The Bertz CT molecular complexity index is 1510. The summed E-state index contributed by atoms with van der Waals surface area (Å²) in [7, 11) is 3.09. The molecule has 0 bridgehead atoms.